The predicted molar refractivity (Wildman–Crippen MR) is 101 cm³/mol. The van der Waals surface area contributed by atoms with Crippen LogP contribution in [0.5, 0.6) is 11.6 Å². The van der Waals surface area contributed by atoms with Crippen molar-refractivity contribution in [3.8, 4) is 11.6 Å². The van der Waals surface area contributed by atoms with Crippen LogP contribution in [0.15, 0.2) is 42.5 Å². The quantitative estimate of drug-likeness (QED) is 0.885. The highest BCUT2D eigenvalue weighted by molar-refractivity contribution is 5.85. The van der Waals surface area contributed by atoms with Crippen molar-refractivity contribution in [2.45, 2.75) is 18.4 Å². The van der Waals surface area contributed by atoms with Crippen LogP contribution in [0.2, 0.25) is 0 Å². The molecule has 3 heterocycles. The second kappa shape index (κ2) is 8.20. The molecule has 1 aromatic heterocycles. The van der Waals surface area contributed by atoms with Crippen molar-refractivity contribution < 1.29 is 13.9 Å². The predicted octanol–water partition coefficient (Wildman–Crippen LogP) is 3.39. The fraction of sp³-hybridized carbons (Fsp3) is 0.421. The lowest BCUT2D eigenvalue weighted by molar-refractivity contribution is -0.0800. The van der Waals surface area contributed by atoms with Gasteiger partial charge in [-0.05, 0) is 31.0 Å². The van der Waals surface area contributed by atoms with Gasteiger partial charge in [0.1, 0.15) is 17.4 Å². The molecule has 140 valence electrons. The summed E-state index contributed by atoms with van der Waals surface area (Å²) in [6, 6.07) is 11.8. The van der Waals surface area contributed by atoms with Crippen LogP contribution in [0.25, 0.3) is 0 Å². The van der Waals surface area contributed by atoms with Crippen LogP contribution in [0.3, 0.4) is 0 Å². The Labute approximate surface area is 158 Å². The van der Waals surface area contributed by atoms with Crippen molar-refractivity contribution in [2.75, 3.05) is 37.7 Å². The normalized spacial score (nSPS) is 19.0. The molecule has 1 spiro atoms. The average Bonchev–Trinajstić information content (AvgIpc) is 2.63. The van der Waals surface area contributed by atoms with Gasteiger partial charge >= 0.3 is 0 Å². The maximum atomic E-state index is 13.3. The van der Waals surface area contributed by atoms with Crippen LogP contribution < -0.4 is 15.0 Å². The van der Waals surface area contributed by atoms with E-state index in [4.69, 9.17) is 9.47 Å². The Hall–Kier alpha value is -1.89. The van der Waals surface area contributed by atoms with Crippen LogP contribution in [0, 0.1) is 5.82 Å². The minimum Gasteiger partial charge on any atom is -0.439 e. The van der Waals surface area contributed by atoms with Crippen molar-refractivity contribution >= 4 is 18.2 Å². The Morgan fingerprint density at radius 1 is 1.15 bits per heavy atom. The number of nitrogens with zero attached hydrogens (tertiary/aromatic N) is 2. The first-order valence-electron chi connectivity index (χ1n) is 8.73. The van der Waals surface area contributed by atoms with Gasteiger partial charge in [-0.3, -0.25) is 0 Å². The number of hydrogen-bond acceptors (Lipinski definition) is 5. The lowest BCUT2D eigenvalue weighted by Gasteiger charge is -2.44. The summed E-state index contributed by atoms with van der Waals surface area (Å²) >= 11 is 0. The molecule has 0 unspecified atom stereocenters. The van der Waals surface area contributed by atoms with E-state index in [0.717, 1.165) is 51.4 Å². The average molecular weight is 380 g/mol. The highest BCUT2D eigenvalue weighted by atomic mass is 35.5. The summed E-state index contributed by atoms with van der Waals surface area (Å²) in [5.41, 5.74) is -0.0234. The molecule has 2 aliphatic heterocycles. The first kappa shape index (κ1) is 18.9. The van der Waals surface area contributed by atoms with Gasteiger partial charge in [0.2, 0.25) is 5.88 Å². The Morgan fingerprint density at radius 2 is 1.96 bits per heavy atom. The van der Waals surface area contributed by atoms with E-state index in [2.05, 4.69) is 15.2 Å². The number of morpholine rings is 1. The zero-order chi connectivity index (χ0) is 17.1. The fourth-order valence-corrected chi connectivity index (χ4v) is 3.46. The van der Waals surface area contributed by atoms with Crippen molar-refractivity contribution in [3.05, 3.63) is 48.3 Å². The molecule has 2 saturated heterocycles. The summed E-state index contributed by atoms with van der Waals surface area (Å²) in [4.78, 5) is 6.83. The van der Waals surface area contributed by atoms with E-state index in [1.807, 2.05) is 12.1 Å². The SMILES string of the molecule is Cl.Fc1cccc(Oc2cccc(N3CCC4(CC3)CNCCO4)n2)c1. The number of ether oxygens (including phenoxy) is 2. The molecule has 0 atom stereocenters. The monoisotopic (exact) mass is 379 g/mol. The minimum absolute atomic E-state index is 0. The third-order valence-corrected chi connectivity index (χ3v) is 4.86. The van der Waals surface area contributed by atoms with Crippen molar-refractivity contribution in [2.24, 2.45) is 0 Å². The highest BCUT2D eigenvalue weighted by Crippen LogP contribution is 2.30. The Kier molecular flexibility index (Phi) is 5.96. The summed E-state index contributed by atoms with van der Waals surface area (Å²) in [6.07, 6.45) is 1.97. The number of halogens is 2. The minimum atomic E-state index is -0.323. The van der Waals surface area contributed by atoms with Gasteiger partial charge in [0.05, 0.1) is 12.2 Å². The van der Waals surface area contributed by atoms with Crippen molar-refractivity contribution in [3.63, 3.8) is 0 Å². The number of anilines is 1. The smallest absolute Gasteiger partial charge is 0.221 e. The lowest BCUT2D eigenvalue weighted by atomic mass is 9.90. The van der Waals surface area contributed by atoms with E-state index in [1.54, 1.807) is 18.2 Å². The van der Waals surface area contributed by atoms with Gasteiger partial charge in [-0.25, -0.2) is 4.39 Å². The summed E-state index contributed by atoms with van der Waals surface area (Å²) in [5, 5.41) is 3.43. The topological polar surface area (TPSA) is 46.6 Å². The Morgan fingerprint density at radius 3 is 2.69 bits per heavy atom. The molecular formula is C19H23ClFN3O2. The van der Waals surface area contributed by atoms with Crippen LogP contribution in [-0.2, 0) is 4.74 Å². The molecule has 0 saturated carbocycles. The van der Waals surface area contributed by atoms with E-state index >= 15 is 0 Å². The van der Waals surface area contributed by atoms with Gasteiger partial charge in [0, 0.05) is 38.3 Å². The van der Waals surface area contributed by atoms with E-state index in [9.17, 15) is 4.39 Å². The largest absolute Gasteiger partial charge is 0.439 e. The number of piperidine rings is 1. The number of hydrogen-bond donors (Lipinski definition) is 1. The fourth-order valence-electron chi connectivity index (χ4n) is 3.46. The van der Waals surface area contributed by atoms with Gasteiger partial charge in [-0.1, -0.05) is 12.1 Å². The molecule has 0 bridgehead atoms. The molecule has 2 fully saturated rings. The van der Waals surface area contributed by atoms with E-state index in [-0.39, 0.29) is 23.8 Å². The molecule has 0 radical (unpaired) electrons. The van der Waals surface area contributed by atoms with E-state index < -0.39 is 0 Å². The van der Waals surface area contributed by atoms with Crippen molar-refractivity contribution in [1.82, 2.24) is 10.3 Å². The highest BCUT2D eigenvalue weighted by Gasteiger charge is 2.37. The molecule has 5 nitrogen and oxygen atoms in total. The van der Waals surface area contributed by atoms with Crippen LogP contribution >= 0.6 is 12.4 Å². The molecule has 7 heteroatoms. The number of benzene rings is 1. The number of rotatable bonds is 3. The van der Waals surface area contributed by atoms with Crippen LogP contribution in [0.4, 0.5) is 10.2 Å². The first-order chi connectivity index (χ1) is 12.2. The van der Waals surface area contributed by atoms with Crippen molar-refractivity contribution in [1.29, 1.82) is 0 Å². The number of pyridine rings is 1. The zero-order valence-corrected chi connectivity index (χ0v) is 15.3. The standard InChI is InChI=1S/C19H22FN3O2.ClH/c20-15-3-1-4-16(13-15)25-18-6-2-5-17(22-18)23-10-7-19(8-11-23)14-21-9-12-24-19;/h1-6,13,21H,7-12,14H2;1H. The first-order valence-corrected chi connectivity index (χ1v) is 8.73. The second-order valence-corrected chi connectivity index (χ2v) is 6.59. The van der Waals surface area contributed by atoms with Gasteiger partial charge < -0.3 is 19.7 Å². The molecule has 1 N–H and O–H groups in total. The molecule has 2 aromatic rings. The number of aromatic nitrogens is 1. The Bertz CT molecular complexity index is 730. The third-order valence-electron chi connectivity index (χ3n) is 4.86. The van der Waals surface area contributed by atoms with E-state index in [0.29, 0.717) is 11.6 Å². The number of nitrogens with one attached hydrogen (secondary N) is 1. The van der Waals surface area contributed by atoms with E-state index in [1.165, 1.54) is 12.1 Å². The molecule has 4 rings (SSSR count). The summed E-state index contributed by atoms with van der Waals surface area (Å²) in [5.74, 6) is 1.48. The van der Waals surface area contributed by atoms with Crippen LogP contribution in [-0.4, -0.2) is 43.4 Å². The Balaban J connectivity index is 0.00000196. The lowest BCUT2D eigenvalue weighted by Crippen LogP contribution is -2.55. The van der Waals surface area contributed by atoms with Gasteiger partial charge in [0.15, 0.2) is 0 Å². The molecule has 26 heavy (non-hydrogen) atoms. The molecule has 1 aromatic carbocycles. The van der Waals surface area contributed by atoms with Crippen LogP contribution in [0.1, 0.15) is 12.8 Å². The van der Waals surface area contributed by atoms with Gasteiger partial charge in [-0.15, -0.1) is 12.4 Å². The summed E-state index contributed by atoms with van der Waals surface area (Å²) in [6.45, 7) is 4.45. The maximum Gasteiger partial charge on any atom is 0.221 e. The molecule has 0 aliphatic carbocycles. The third kappa shape index (κ3) is 4.26. The second-order valence-electron chi connectivity index (χ2n) is 6.59. The molecule has 0 amide bonds. The van der Waals surface area contributed by atoms with Gasteiger partial charge in [0.25, 0.3) is 0 Å². The summed E-state index contributed by atoms with van der Waals surface area (Å²) in [7, 11) is 0. The van der Waals surface area contributed by atoms with Gasteiger partial charge in [-0.2, -0.15) is 4.98 Å². The summed E-state index contributed by atoms with van der Waals surface area (Å²) < 4.78 is 25.0. The molecular weight excluding hydrogens is 357 g/mol. The molecule has 2 aliphatic rings. The maximum absolute atomic E-state index is 13.3. The zero-order valence-electron chi connectivity index (χ0n) is 14.5.